The number of nitrogens with zero attached hydrogens (tertiary/aromatic N) is 1. The van der Waals surface area contributed by atoms with Crippen molar-refractivity contribution in [2.24, 2.45) is 0 Å². The SMILES string of the molecule is Cc1cccc[n+]1Cl.[Cl-]. The first-order valence-corrected chi connectivity index (χ1v) is 2.78. The molecule has 3 heteroatoms. The van der Waals surface area contributed by atoms with Gasteiger partial charge in [0.2, 0.25) is 5.69 Å². The third kappa shape index (κ3) is 2.20. The Kier molecular flexibility index (Phi) is 3.59. The van der Waals surface area contributed by atoms with Crippen LogP contribution in [0.1, 0.15) is 5.69 Å². The molecular weight excluding hydrogens is 157 g/mol. The van der Waals surface area contributed by atoms with E-state index in [0.717, 1.165) is 5.69 Å². The van der Waals surface area contributed by atoms with Crippen LogP contribution in [0.2, 0.25) is 0 Å². The van der Waals surface area contributed by atoms with E-state index in [-0.39, 0.29) is 12.4 Å². The zero-order chi connectivity index (χ0) is 5.98. The lowest BCUT2D eigenvalue weighted by Crippen LogP contribution is -3.00. The second kappa shape index (κ2) is 3.70. The van der Waals surface area contributed by atoms with E-state index in [2.05, 4.69) is 0 Å². The summed E-state index contributed by atoms with van der Waals surface area (Å²) in [5.41, 5.74) is 1.05. The van der Waals surface area contributed by atoms with E-state index >= 15 is 0 Å². The second-order valence-electron chi connectivity index (χ2n) is 1.65. The second-order valence-corrected chi connectivity index (χ2v) is 2.02. The molecule has 0 atom stereocenters. The molecule has 1 rings (SSSR count). The van der Waals surface area contributed by atoms with E-state index < -0.39 is 0 Å². The molecule has 1 aromatic rings. The van der Waals surface area contributed by atoms with Gasteiger partial charge in [-0.3, -0.25) is 0 Å². The Hall–Kier alpha value is -0.270. The molecule has 50 valence electrons. The summed E-state index contributed by atoms with van der Waals surface area (Å²) in [6, 6.07) is 5.79. The lowest BCUT2D eigenvalue weighted by Gasteiger charge is -1.82. The van der Waals surface area contributed by atoms with E-state index in [4.69, 9.17) is 11.8 Å². The van der Waals surface area contributed by atoms with Gasteiger partial charge in [-0.2, -0.15) is 0 Å². The van der Waals surface area contributed by atoms with Crippen molar-refractivity contribution in [1.29, 1.82) is 0 Å². The summed E-state index contributed by atoms with van der Waals surface area (Å²) in [4.78, 5) is 0. The fraction of sp³-hybridized carbons (Fsp3) is 0.167. The van der Waals surface area contributed by atoms with Gasteiger partial charge in [0, 0.05) is 19.1 Å². The van der Waals surface area contributed by atoms with Crippen LogP contribution in [0.5, 0.6) is 0 Å². The number of hydrogen-bond acceptors (Lipinski definition) is 0. The van der Waals surface area contributed by atoms with Crippen LogP contribution in [0.4, 0.5) is 0 Å². The maximum atomic E-state index is 5.63. The fourth-order valence-corrected chi connectivity index (χ4v) is 0.630. The number of aromatic nitrogens is 1. The van der Waals surface area contributed by atoms with Crippen LogP contribution in [0, 0.1) is 6.92 Å². The molecule has 1 aromatic heterocycles. The summed E-state index contributed by atoms with van der Waals surface area (Å²) in [5.74, 6) is 0. The number of halogens is 2. The minimum Gasteiger partial charge on any atom is -1.00 e. The molecule has 0 N–H and O–H groups in total. The number of hydrogen-bond donors (Lipinski definition) is 0. The highest BCUT2D eigenvalue weighted by Gasteiger charge is 1.96. The van der Waals surface area contributed by atoms with E-state index in [1.165, 1.54) is 0 Å². The Bertz CT molecular complexity index is 167. The molecule has 1 nitrogen and oxygen atoms in total. The Morgan fingerprint density at radius 3 is 2.44 bits per heavy atom. The molecule has 0 spiro atoms. The molecule has 0 fully saturated rings. The molecule has 0 aliphatic carbocycles. The summed E-state index contributed by atoms with van der Waals surface area (Å²) >= 11 is 5.63. The Labute approximate surface area is 65.8 Å². The van der Waals surface area contributed by atoms with Gasteiger partial charge >= 0.3 is 0 Å². The topological polar surface area (TPSA) is 3.88 Å². The average molecular weight is 164 g/mol. The highest BCUT2D eigenvalue weighted by atomic mass is 35.5. The number of pyridine rings is 1. The van der Waals surface area contributed by atoms with Gasteiger partial charge in [-0.1, -0.05) is 4.09 Å². The van der Waals surface area contributed by atoms with Gasteiger partial charge in [0.05, 0.1) is 0 Å². The first-order valence-electron chi connectivity index (χ1n) is 2.44. The molecule has 0 saturated heterocycles. The van der Waals surface area contributed by atoms with Gasteiger partial charge < -0.3 is 12.4 Å². The summed E-state index contributed by atoms with van der Waals surface area (Å²) in [7, 11) is 0. The van der Waals surface area contributed by atoms with Crippen LogP contribution in [0.15, 0.2) is 24.4 Å². The maximum absolute atomic E-state index is 5.63. The average Bonchev–Trinajstić information content (AvgIpc) is 1.77. The van der Waals surface area contributed by atoms with Gasteiger partial charge in [-0.15, -0.1) is 0 Å². The van der Waals surface area contributed by atoms with Crippen LogP contribution >= 0.6 is 11.8 Å². The zero-order valence-corrected chi connectivity index (χ0v) is 6.52. The summed E-state index contributed by atoms with van der Waals surface area (Å²) in [6.07, 6.45) is 1.80. The van der Waals surface area contributed by atoms with E-state index in [9.17, 15) is 0 Å². The van der Waals surface area contributed by atoms with E-state index in [0.29, 0.717) is 0 Å². The first kappa shape index (κ1) is 8.73. The van der Waals surface area contributed by atoms with Crippen LogP contribution in [-0.4, -0.2) is 0 Å². The van der Waals surface area contributed by atoms with Crippen LogP contribution in [0.3, 0.4) is 0 Å². The number of aryl methyl sites for hydroxylation is 1. The van der Waals surface area contributed by atoms with Crippen LogP contribution < -0.4 is 16.5 Å². The van der Waals surface area contributed by atoms with Crippen molar-refractivity contribution < 1.29 is 16.5 Å². The standard InChI is InChI=1S/C6H7ClN.ClH/c1-6-4-2-3-5-8(6)7;/h2-5H,1H3;1H/q+1;/p-1. The Morgan fingerprint density at radius 1 is 1.44 bits per heavy atom. The Balaban J connectivity index is 0.000000640. The molecule has 0 aliphatic heterocycles. The molecule has 0 aliphatic rings. The zero-order valence-electron chi connectivity index (χ0n) is 5.01. The van der Waals surface area contributed by atoms with Crippen molar-refractivity contribution in [2.75, 3.05) is 0 Å². The molecule has 1 heterocycles. The molecule has 0 unspecified atom stereocenters. The van der Waals surface area contributed by atoms with Gasteiger partial charge in [0.15, 0.2) is 6.20 Å². The molecule has 0 amide bonds. The Morgan fingerprint density at radius 2 is 2.11 bits per heavy atom. The van der Waals surface area contributed by atoms with Crippen molar-refractivity contribution in [1.82, 2.24) is 0 Å². The van der Waals surface area contributed by atoms with Crippen molar-refractivity contribution in [3.63, 3.8) is 0 Å². The lowest BCUT2D eigenvalue weighted by molar-refractivity contribution is -0.527. The van der Waals surface area contributed by atoms with Crippen LogP contribution in [0.25, 0.3) is 0 Å². The number of rotatable bonds is 0. The molecule has 0 saturated carbocycles. The third-order valence-corrected chi connectivity index (χ3v) is 1.38. The van der Waals surface area contributed by atoms with Crippen LogP contribution in [-0.2, 0) is 0 Å². The van der Waals surface area contributed by atoms with Crippen molar-refractivity contribution in [2.45, 2.75) is 6.92 Å². The van der Waals surface area contributed by atoms with Crippen molar-refractivity contribution in [3.8, 4) is 0 Å². The van der Waals surface area contributed by atoms with E-state index in [1.54, 1.807) is 10.3 Å². The van der Waals surface area contributed by atoms with E-state index in [1.807, 2.05) is 25.1 Å². The molecule has 0 aromatic carbocycles. The molecule has 0 radical (unpaired) electrons. The van der Waals surface area contributed by atoms with Gasteiger partial charge in [-0.25, -0.2) is 0 Å². The van der Waals surface area contributed by atoms with Gasteiger partial charge in [-0.05, 0) is 6.07 Å². The molecular formula is C6H7Cl2N. The predicted molar refractivity (Wildman–Crippen MR) is 32.6 cm³/mol. The molecule has 0 bridgehead atoms. The largest absolute Gasteiger partial charge is 1.00 e. The normalized spacial score (nSPS) is 8.22. The fourth-order valence-electron chi connectivity index (χ4n) is 0.509. The van der Waals surface area contributed by atoms with Crippen molar-refractivity contribution in [3.05, 3.63) is 30.1 Å². The minimum absolute atomic E-state index is 0. The smallest absolute Gasteiger partial charge is 0.268 e. The summed E-state index contributed by atoms with van der Waals surface area (Å²) in [5, 5.41) is 0. The quantitative estimate of drug-likeness (QED) is 0.429. The third-order valence-electron chi connectivity index (χ3n) is 1.00. The maximum Gasteiger partial charge on any atom is 0.268 e. The summed E-state index contributed by atoms with van der Waals surface area (Å²) in [6.45, 7) is 1.95. The van der Waals surface area contributed by atoms with Crippen molar-refractivity contribution >= 4 is 11.8 Å². The van der Waals surface area contributed by atoms with Gasteiger partial charge in [0.1, 0.15) is 0 Å². The predicted octanol–water partition coefficient (Wildman–Crippen LogP) is -1.71. The monoisotopic (exact) mass is 163 g/mol. The first-order chi connectivity index (χ1) is 3.80. The summed E-state index contributed by atoms with van der Waals surface area (Å²) < 4.78 is 1.56. The minimum atomic E-state index is 0. The highest BCUT2D eigenvalue weighted by molar-refractivity contribution is 6.04. The highest BCUT2D eigenvalue weighted by Crippen LogP contribution is 1.86. The molecule has 9 heavy (non-hydrogen) atoms. The van der Waals surface area contributed by atoms with Gasteiger partial charge in [0.25, 0.3) is 11.8 Å². The lowest BCUT2D eigenvalue weighted by atomic mass is 10.4.